The van der Waals surface area contributed by atoms with Gasteiger partial charge >= 0.3 is 0 Å². The van der Waals surface area contributed by atoms with Gasteiger partial charge in [0.2, 0.25) is 5.76 Å². The largest absolute Gasteiger partial charge is 0.390 e. The molecule has 0 fully saturated rings. The Morgan fingerprint density at radius 3 is 2.52 bits per heavy atom. The fourth-order valence-corrected chi connectivity index (χ4v) is 2.81. The van der Waals surface area contributed by atoms with Crippen molar-refractivity contribution in [1.82, 2.24) is 10.6 Å². The second-order valence-corrected chi connectivity index (χ2v) is 9.19. The molecule has 1 heterocycles. The van der Waals surface area contributed by atoms with Crippen LogP contribution in [-0.4, -0.2) is 46.4 Å². The first-order valence-corrected chi connectivity index (χ1v) is 9.59. The van der Waals surface area contributed by atoms with Gasteiger partial charge in [0.15, 0.2) is 9.84 Å². The number of carbonyl (C=O) groups excluding carboxylic acids is 1. The lowest BCUT2D eigenvalue weighted by atomic mass is 10.0. The summed E-state index contributed by atoms with van der Waals surface area (Å²) in [6, 6.07) is 1.57. The molecule has 1 atom stereocenters. The van der Waals surface area contributed by atoms with Crippen molar-refractivity contribution < 1.29 is 28.0 Å². The standard InChI is InChI=1S/C16H24N2O6S/c1-15(2,20)9-6-5-7-13-11-12(18-24-13)8-10-16(3,14(19)17-21)25(4,22)23/h11,20-21H,6,8-10H2,1-4H3,(H,17,19)/t16-/m1/s1. The number of hydrogen-bond acceptors (Lipinski definition) is 7. The van der Waals surface area contributed by atoms with E-state index in [1.54, 1.807) is 19.9 Å². The molecule has 0 aliphatic heterocycles. The Hall–Kier alpha value is -1.89. The van der Waals surface area contributed by atoms with Crippen molar-refractivity contribution in [2.24, 2.45) is 0 Å². The molecule has 1 aromatic rings. The molecule has 1 rings (SSSR count). The van der Waals surface area contributed by atoms with Crippen LogP contribution in [0.3, 0.4) is 0 Å². The number of carbonyl (C=O) groups is 1. The highest BCUT2D eigenvalue weighted by Gasteiger charge is 2.43. The van der Waals surface area contributed by atoms with E-state index in [4.69, 9.17) is 9.73 Å². The summed E-state index contributed by atoms with van der Waals surface area (Å²) in [6.07, 6.45) is 2.03. The monoisotopic (exact) mass is 372 g/mol. The highest BCUT2D eigenvalue weighted by atomic mass is 32.2. The van der Waals surface area contributed by atoms with E-state index in [-0.39, 0.29) is 12.8 Å². The lowest BCUT2D eigenvalue weighted by Crippen LogP contribution is -2.49. The van der Waals surface area contributed by atoms with Crippen LogP contribution >= 0.6 is 0 Å². The summed E-state index contributed by atoms with van der Waals surface area (Å²) in [7, 11) is -3.75. The van der Waals surface area contributed by atoms with Crippen molar-refractivity contribution in [1.29, 1.82) is 0 Å². The molecular formula is C16H24N2O6S. The van der Waals surface area contributed by atoms with Crippen LogP contribution in [0.25, 0.3) is 0 Å². The molecule has 25 heavy (non-hydrogen) atoms. The molecule has 1 amide bonds. The molecule has 0 aliphatic rings. The van der Waals surface area contributed by atoms with Crippen LogP contribution in [0.5, 0.6) is 0 Å². The van der Waals surface area contributed by atoms with Crippen molar-refractivity contribution in [2.75, 3.05) is 6.26 Å². The Morgan fingerprint density at radius 1 is 1.36 bits per heavy atom. The molecule has 0 bridgehead atoms. The van der Waals surface area contributed by atoms with Gasteiger partial charge in [-0.25, -0.2) is 13.9 Å². The predicted octanol–water partition coefficient (Wildman–Crippen LogP) is 0.819. The zero-order valence-corrected chi connectivity index (χ0v) is 15.6. The SMILES string of the molecule is CC(C)(O)CCC#Cc1cc(CC[C@](C)(C(=O)NO)S(C)(=O)=O)no1. The normalized spacial score (nSPS) is 14.3. The van der Waals surface area contributed by atoms with E-state index in [0.717, 1.165) is 6.26 Å². The highest BCUT2D eigenvalue weighted by Crippen LogP contribution is 2.23. The molecule has 0 saturated carbocycles. The number of aromatic nitrogens is 1. The van der Waals surface area contributed by atoms with Gasteiger partial charge < -0.3 is 9.63 Å². The van der Waals surface area contributed by atoms with Gasteiger partial charge in [0.05, 0.1) is 11.3 Å². The maximum Gasteiger partial charge on any atom is 0.264 e. The summed E-state index contributed by atoms with van der Waals surface area (Å²) in [4.78, 5) is 11.7. The maximum atomic E-state index is 11.9. The van der Waals surface area contributed by atoms with E-state index in [0.29, 0.717) is 24.3 Å². The van der Waals surface area contributed by atoms with Crippen LogP contribution in [0.1, 0.15) is 51.5 Å². The molecule has 9 heteroatoms. The molecule has 0 aromatic carbocycles. The van der Waals surface area contributed by atoms with Gasteiger partial charge in [-0.05, 0) is 46.0 Å². The Morgan fingerprint density at radius 2 is 2.00 bits per heavy atom. The van der Waals surface area contributed by atoms with Gasteiger partial charge in [-0.15, -0.1) is 0 Å². The van der Waals surface area contributed by atoms with E-state index >= 15 is 0 Å². The number of nitrogens with zero attached hydrogens (tertiary/aromatic N) is 1. The number of hydroxylamine groups is 1. The summed E-state index contributed by atoms with van der Waals surface area (Å²) in [5, 5.41) is 22.2. The zero-order chi connectivity index (χ0) is 19.3. The first kappa shape index (κ1) is 21.2. The molecule has 8 nitrogen and oxygen atoms in total. The Labute approximate surface area is 147 Å². The van der Waals surface area contributed by atoms with Crippen LogP contribution in [0, 0.1) is 11.8 Å². The number of rotatable bonds is 7. The Bertz CT molecular complexity index is 767. The van der Waals surface area contributed by atoms with Gasteiger partial charge in [0.25, 0.3) is 5.91 Å². The number of hydrogen-bond donors (Lipinski definition) is 3. The van der Waals surface area contributed by atoms with E-state index in [2.05, 4.69) is 17.0 Å². The van der Waals surface area contributed by atoms with Crippen LogP contribution in [0.2, 0.25) is 0 Å². The van der Waals surface area contributed by atoms with Crippen LogP contribution in [0.4, 0.5) is 0 Å². The lowest BCUT2D eigenvalue weighted by molar-refractivity contribution is -0.131. The van der Waals surface area contributed by atoms with E-state index in [1.807, 2.05) is 0 Å². The molecular weight excluding hydrogens is 348 g/mol. The molecule has 0 spiro atoms. The third-order valence-corrected chi connectivity index (χ3v) is 5.92. The van der Waals surface area contributed by atoms with Gasteiger partial charge in [-0.3, -0.25) is 10.0 Å². The van der Waals surface area contributed by atoms with Crippen molar-refractivity contribution in [3.8, 4) is 11.8 Å². The molecule has 140 valence electrons. The average Bonchev–Trinajstić information content (AvgIpc) is 2.94. The van der Waals surface area contributed by atoms with Crippen LogP contribution in [-0.2, 0) is 21.1 Å². The number of amides is 1. The smallest absolute Gasteiger partial charge is 0.264 e. The first-order chi connectivity index (χ1) is 11.4. The molecule has 0 saturated heterocycles. The summed E-state index contributed by atoms with van der Waals surface area (Å²) in [5.74, 6) is 4.95. The fraction of sp³-hybridized carbons (Fsp3) is 0.625. The minimum atomic E-state index is -3.75. The highest BCUT2D eigenvalue weighted by molar-refractivity contribution is 7.92. The Kier molecular flexibility index (Phi) is 6.76. The van der Waals surface area contributed by atoms with E-state index in [1.165, 1.54) is 12.4 Å². The first-order valence-electron chi connectivity index (χ1n) is 7.70. The number of sulfone groups is 1. The average molecular weight is 372 g/mol. The summed E-state index contributed by atoms with van der Waals surface area (Å²) in [6.45, 7) is 4.64. The Balaban J connectivity index is 2.75. The topological polar surface area (TPSA) is 130 Å². The summed E-state index contributed by atoms with van der Waals surface area (Å²) >= 11 is 0. The third-order valence-electron chi connectivity index (χ3n) is 3.89. The maximum absolute atomic E-state index is 11.9. The van der Waals surface area contributed by atoms with Crippen molar-refractivity contribution in [3.63, 3.8) is 0 Å². The van der Waals surface area contributed by atoms with Gasteiger partial charge in [-0.2, -0.15) is 0 Å². The lowest BCUT2D eigenvalue weighted by Gasteiger charge is -2.24. The number of aryl methyl sites for hydroxylation is 1. The second kappa shape index (κ2) is 7.99. The van der Waals surface area contributed by atoms with Crippen LogP contribution < -0.4 is 5.48 Å². The molecule has 0 unspecified atom stereocenters. The third kappa shape index (κ3) is 6.16. The van der Waals surface area contributed by atoms with Crippen molar-refractivity contribution in [3.05, 3.63) is 17.5 Å². The van der Waals surface area contributed by atoms with Gasteiger partial charge in [-0.1, -0.05) is 11.1 Å². The van der Waals surface area contributed by atoms with E-state index < -0.39 is 26.1 Å². The quantitative estimate of drug-likeness (QED) is 0.367. The molecule has 0 aliphatic carbocycles. The minimum absolute atomic E-state index is 0.0731. The fourth-order valence-electron chi connectivity index (χ4n) is 1.96. The second-order valence-electron chi connectivity index (χ2n) is 6.74. The minimum Gasteiger partial charge on any atom is -0.390 e. The summed E-state index contributed by atoms with van der Waals surface area (Å²) < 4.78 is 27.0. The predicted molar refractivity (Wildman–Crippen MR) is 90.4 cm³/mol. The van der Waals surface area contributed by atoms with Crippen molar-refractivity contribution >= 4 is 15.7 Å². The molecule has 0 radical (unpaired) electrons. The molecule has 1 aromatic heterocycles. The van der Waals surface area contributed by atoms with Crippen molar-refractivity contribution in [2.45, 2.75) is 56.8 Å². The van der Waals surface area contributed by atoms with Gasteiger partial charge in [0, 0.05) is 18.7 Å². The summed E-state index contributed by atoms with van der Waals surface area (Å²) in [5.41, 5.74) is 1.06. The van der Waals surface area contributed by atoms with E-state index in [9.17, 15) is 18.3 Å². The van der Waals surface area contributed by atoms with Gasteiger partial charge in [0.1, 0.15) is 4.75 Å². The number of nitrogens with one attached hydrogen (secondary N) is 1. The molecule has 3 N–H and O–H groups in total. The van der Waals surface area contributed by atoms with Crippen LogP contribution in [0.15, 0.2) is 10.6 Å². The zero-order valence-electron chi connectivity index (χ0n) is 14.8. The number of aliphatic hydroxyl groups is 1.